The first-order valence-electron chi connectivity index (χ1n) is 6.94. The highest BCUT2D eigenvalue weighted by atomic mass is 16.5. The third kappa shape index (κ3) is 5.07. The zero-order chi connectivity index (χ0) is 15.1. The van der Waals surface area contributed by atoms with Gasteiger partial charge in [0.2, 0.25) is 5.91 Å². The van der Waals surface area contributed by atoms with E-state index in [-0.39, 0.29) is 18.4 Å². The molecule has 1 aromatic rings. The molecular weight excluding hydrogens is 274 g/mol. The number of benzene rings is 1. The van der Waals surface area contributed by atoms with Gasteiger partial charge in [0.15, 0.2) is 6.61 Å². The highest BCUT2D eigenvalue weighted by Crippen LogP contribution is 2.15. The van der Waals surface area contributed by atoms with Gasteiger partial charge < -0.3 is 19.9 Å². The van der Waals surface area contributed by atoms with Gasteiger partial charge in [0.25, 0.3) is 0 Å². The Kier molecular flexibility index (Phi) is 5.57. The first-order valence-corrected chi connectivity index (χ1v) is 6.94. The molecule has 1 heterocycles. The molecule has 6 heteroatoms. The summed E-state index contributed by atoms with van der Waals surface area (Å²) in [5.41, 5.74) is 0.864. The molecule has 0 spiro atoms. The van der Waals surface area contributed by atoms with Crippen LogP contribution >= 0.6 is 0 Å². The summed E-state index contributed by atoms with van der Waals surface area (Å²) >= 11 is 0. The molecule has 0 bridgehead atoms. The summed E-state index contributed by atoms with van der Waals surface area (Å²) in [5.74, 6) is -0.632. The summed E-state index contributed by atoms with van der Waals surface area (Å²) in [5, 5.41) is 11.4. The maximum atomic E-state index is 12.0. The molecule has 1 aliphatic heterocycles. The van der Waals surface area contributed by atoms with Crippen LogP contribution in [0.15, 0.2) is 24.3 Å². The van der Waals surface area contributed by atoms with Gasteiger partial charge in [0.1, 0.15) is 5.75 Å². The standard InChI is InChI=1S/C15H19NO5/c17-14(18)10-21-13-5-1-3-11(7-13)8-16-15(19)12-4-2-6-20-9-12/h1,3,5,7,12H,2,4,6,8-10H2,(H,16,19)(H,17,18). The van der Waals surface area contributed by atoms with Crippen molar-refractivity contribution in [2.45, 2.75) is 19.4 Å². The molecule has 1 saturated heterocycles. The van der Waals surface area contributed by atoms with E-state index in [1.807, 2.05) is 6.07 Å². The van der Waals surface area contributed by atoms with Crippen molar-refractivity contribution in [2.75, 3.05) is 19.8 Å². The lowest BCUT2D eigenvalue weighted by atomic mass is 10.0. The van der Waals surface area contributed by atoms with E-state index < -0.39 is 5.97 Å². The van der Waals surface area contributed by atoms with E-state index in [0.29, 0.717) is 18.9 Å². The fraction of sp³-hybridized carbons (Fsp3) is 0.467. The lowest BCUT2D eigenvalue weighted by Crippen LogP contribution is -2.35. The Balaban J connectivity index is 1.83. The summed E-state index contributed by atoms with van der Waals surface area (Å²) < 4.78 is 10.4. The topological polar surface area (TPSA) is 84.9 Å². The van der Waals surface area contributed by atoms with E-state index in [0.717, 1.165) is 25.0 Å². The Morgan fingerprint density at radius 1 is 1.43 bits per heavy atom. The SMILES string of the molecule is O=C(O)COc1cccc(CNC(=O)C2CCCOC2)c1. The Morgan fingerprint density at radius 3 is 3.00 bits per heavy atom. The van der Waals surface area contributed by atoms with Crippen LogP contribution in [0, 0.1) is 5.92 Å². The summed E-state index contributed by atoms with van der Waals surface area (Å²) in [6.45, 7) is 1.22. The van der Waals surface area contributed by atoms with Crippen LogP contribution < -0.4 is 10.1 Å². The smallest absolute Gasteiger partial charge is 0.341 e. The van der Waals surface area contributed by atoms with Crippen molar-refractivity contribution in [3.8, 4) is 5.75 Å². The number of ether oxygens (including phenoxy) is 2. The Bertz CT molecular complexity index is 497. The second kappa shape index (κ2) is 7.64. The zero-order valence-electron chi connectivity index (χ0n) is 11.7. The number of carbonyl (C=O) groups is 2. The molecule has 6 nitrogen and oxygen atoms in total. The van der Waals surface area contributed by atoms with Gasteiger partial charge in [-0.1, -0.05) is 12.1 Å². The van der Waals surface area contributed by atoms with Crippen LogP contribution in [-0.2, 0) is 20.9 Å². The third-order valence-electron chi connectivity index (χ3n) is 3.26. The lowest BCUT2D eigenvalue weighted by Gasteiger charge is -2.21. The molecule has 1 unspecified atom stereocenters. The molecule has 0 aromatic heterocycles. The van der Waals surface area contributed by atoms with E-state index in [4.69, 9.17) is 14.6 Å². The lowest BCUT2D eigenvalue weighted by molar-refractivity contribution is -0.139. The largest absolute Gasteiger partial charge is 0.482 e. The average molecular weight is 293 g/mol. The molecule has 1 aliphatic rings. The van der Waals surface area contributed by atoms with Gasteiger partial charge in [-0.2, -0.15) is 0 Å². The summed E-state index contributed by atoms with van der Waals surface area (Å²) in [6.07, 6.45) is 1.77. The van der Waals surface area contributed by atoms with Crippen LogP contribution in [0.4, 0.5) is 0 Å². The third-order valence-corrected chi connectivity index (χ3v) is 3.26. The number of carboxylic acid groups (broad SMARTS) is 1. The number of hydrogen-bond acceptors (Lipinski definition) is 4. The van der Waals surface area contributed by atoms with Gasteiger partial charge in [-0.15, -0.1) is 0 Å². The van der Waals surface area contributed by atoms with E-state index in [1.165, 1.54) is 0 Å². The van der Waals surface area contributed by atoms with Crippen molar-refractivity contribution in [1.29, 1.82) is 0 Å². The van der Waals surface area contributed by atoms with Crippen LogP contribution in [0.3, 0.4) is 0 Å². The van der Waals surface area contributed by atoms with Crippen molar-refractivity contribution in [2.24, 2.45) is 5.92 Å². The van der Waals surface area contributed by atoms with E-state index >= 15 is 0 Å². The number of aliphatic carboxylic acids is 1. The Hall–Kier alpha value is -2.08. The summed E-state index contributed by atoms with van der Waals surface area (Å²) in [6, 6.07) is 7.03. The minimum absolute atomic E-state index is 0.00782. The van der Waals surface area contributed by atoms with Gasteiger partial charge in [-0.3, -0.25) is 4.79 Å². The Labute approximate surface area is 123 Å². The van der Waals surface area contributed by atoms with Crippen LogP contribution in [0.1, 0.15) is 18.4 Å². The van der Waals surface area contributed by atoms with Gasteiger partial charge >= 0.3 is 5.97 Å². The molecule has 1 amide bonds. The summed E-state index contributed by atoms with van der Waals surface area (Å²) in [4.78, 5) is 22.4. The van der Waals surface area contributed by atoms with Crippen molar-refractivity contribution < 1.29 is 24.2 Å². The van der Waals surface area contributed by atoms with Crippen LogP contribution in [0.25, 0.3) is 0 Å². The van der Waals surface area contributed by atoms with Crippen molar-refractivity contribution >= 4 is 11.9 Å². The first-order chi connectivity index (χ1) is 10.1. The zero-order valence-corrected chi connectivity index (χ0v) is 11.7. The number of hydrogen-bond donors (Lipinski definition) is 2. The number of carboxylic acids is 1. The van der Waals surface area contributed by atoms with Crippen LogP contribution in [-0.4, -0.2) is 36.8 Å². The minimum atomic E-state index is -1.02. The predicted molar refractivity (Wildman–Crippen MR) is 75.0 cm³/mol. The second-order valence-electron chi connectivity index (χ2n) is 4.96. The average Bonchev–Trinajstić information content (AvgIpc) is 2.52. The molecule has 21 heavy (non-hydrogen) atoms. The summed E-state index contributed by atoms with van der Waals surface area (Å²) in [7, 11) is 0. The van der Waals surface area contributed by atoms with Crippen LogP contribution in [0.2, 0.25) is 0 Å². The maximum absolute atomic E-state index is 12.0. The molecular formula is C15H19NO5. The highest BCUT2D eigenvalue weighted by Gasteiger charge is 2.21. The van der Waals surface area contributed by atoms with E-state index in [2.05, 4.69) is 5.32 Å². The van der Waals surface area contributed by atoms with Gasteiger partial charge in [-0.05, 0) is 30.5 Å². The Morgan fingerprint density at radius 2 is 2.29 bits per heavy atom. The molecule has 1 atom stereocenters. The fourth-order valence-electron chi connectivity index (χ4n) is 2.17. The van der Waals surface area contributed by atoms with Crippen molar-refractivity contribution in [3.05, 3.63) is 29.8 Å². The quantitative estimate of drug-likeness (QED) is 0.823. The monoisotopic (exact) mass is 293 g/mol. The fourth-order valence-corrected chi connectivity index (χ4v) is 2.17. The van der Waals surface area contributed by atoms with E-state index in [9.17, 15) is 9.59 Å². The van der Waals surface area contributed by atoms with Crippen molar-refractivity contribution in [3.63, 3.8) is 0 Å². The van der Waals surface area contributed by atoms with E-state index in [1.54, 1.807) is 18.2 Å². The number of carbonyl (C=O) groups excluding carboxylic acids is 1. The molecule has 0 saturated carbocycles. The van der Waals surface area contributed by atoms with Gasteiger partial charge in [0, 0.05) is 13.2 Å². The normalized spacial score (nSPS) is 18.0. The molecule has 1 fully saturated rings. The maximum Gasteiger partial charge on any atom is 0.341 e. The molecule has 0 radical (unpaired) electrons. The number of nitrogens with one attached hydrogen (secondary N) is 1. The van der Waals surface area contributed by atoms with Crippen LogP contribution in [0.5, 0.6) is 5.75 Å². The first kappa shape index (κ1) is 15.3. The molecule has 2 rings (SSSR count). The molecule has 114 valence electrons. The predicted octanol–water partition coefficient (Wildman–Crippen LogP) is 1.19. The second-order valence-corrected chi connectivity index (χ2v) is 4.96. The number of rotatable bonds is 6. The van der Waals surface area contributed by atoms with Gasteiger partial charge in [0.05, 0.1) is 12.5 Å². The van der Waals surface area contributed by atoms with Gasteiger partial charge in [-0.25, -0.2) is 4.79 Å². The molecule has 0 aliphatic carbocycles. The van der Waals surface area contributed by atoms with Crippen molar-refractivity contribution in [1.82, 2.24) is 5.32 Å². The number of amides is 1. The molecule has 1 aromatic carbocycles. The highest BCUT2D eigenvalue weighted by molar-refractivity contribution is 5.78. The minimum Gasteiger partial charge on any atom is -0.482 e. The molecule has 2 N–H and O–H groups in total.